The van der Waals surface area contributed by atoms with Gasteiger partial charge >= 0.3 is 8.60 Å². The zero-order chi connectivity index (χ0) is 6.69. The average molecular weight is 171 g/mol. The topological polar surface area (TPSA) is 27.7 Å². The van der Waals surface area contributed by atoms with Gasteiger partial charge in [0.25, 0.3) is 0 Å². The van der Waals surface area contributed by atoms with Gasteiger partial charge in [-0.1, -0.05) is 0 Å². The molecular formula is C4H8ClO3P. The van der Waals surface area contributed by atoms with E-state index in [1.807, 2.05) is 0 Å². The van der Waals surface area contributed by atoms with Gasteiger partial charge in [-0.2, -0.15) is 0 Å². The molecule has 0 saturated carbocycles. The third kappa shape index (κ3) is 2.03. The summed E-state index contributed by atoms with van der Waals surface area (Å²) in [5, 5.41) is 0. The molecule has 0 N–H and O–H groups in total. The van der Waals surface area contributed by atoms with Crippen LogP contribution in [0.2, 0.25) is 0 Å². The normalized spacial score (nSPS) is 35.3. The van der Waals surface area contributed by atoms with Gasteiger partial charge < -0.3 is 13.6 Å². The third-order valence-corrected chi connectivity index (χ3v) is 2.39. The number of rotatable bonds is 2. The Bertz CT molecular complexity index is 81.9. The number of hydrogen-bond donors (Lipinski definition) is 0. The van der Waals surface area contributed by atoms with Crippen molar-refractivity contribution in [1.82, 2.24) is 0 Å². The highest BCUT2D eigenvalue weighted by molar-refractivity contribution is 7.41. The van der Waals surface area contributed by atoms with Crippen LogP contribution in [0.5, 0.6) is 0 Å². The van der Waals surface area contributed by atoms with Gasteiger partial charge in [0.15, 0.2) is 0 Å². The molecule has 0 bridgehead atoms. The minimum Gasteiger partial charge on any atom is -0.316 e. The van der Waals surface area contributed by atoms with Crippen LogP contribution < -0.4 is 0 Å². The van der Waals surface area contributed by atoms with Crippen LogP contribution in [0.3, 0.4) is 0 Å². The molecule has 1 aliphatic heterocycles. The van der Waals surface area contributed by atoms with Gasteiger partial charge in [-0.15, -0.1) is 11.6 Å². The Kier molecular flexibility index (Phi) is 3.16. The minimum absolute atomic E-state index is 0.0257. The Morgan fingerprint density at radius 3 is 3.00 bits per heavy atom. The molecule has 0 aromatic heterocycles. The summed E-state index contributed by atoms with van der Waals surface area (Å²) in [5.74, 6) is 0.474. The van der Waals surface area contributed by atoms with Crippen molar-refractivity contribution in [2.75, 3.05) is 19.6 Å². The lowest BCUT2D eigenvalue weighted by atomic mass is 10.5. The van der Waals surface area contributed by atoms with Crippen LogP contribution in [-0.4, -0.2) is 25.7 Å². The molecule has 0 aromatic rings. The highest BCUT2D eigenvalue weighted by atomic mass is 35.5. The summed E-state index contributed by atoms with van der Waals surface area (Å²) in [6.07, 6.45) is 0.0257. The molecular weight excluding hydrogens is 162 g/mol. The van der Waals surface area contributed by atoms with Crippen LogP contribution >= 0.6 is 20.2 Å². The molecule has 1 fully saturated rings. The Balaban J connectivity index is 2.20. The van der Waals surface area contributed by atoms with E-state index < -0.39 is 8.60 Å². The molecule has 0 aliphatic carbocycles. The Morgan fingerprint density at radius 2 is 2.67 bits per heavy atom. The average Bonchev–Trinajstić information content (AvgIpc) is 2.34. The standard InChI is InChI=1S/C4H8ClO3P/c1-6-9-7-3-4(2-5)8-9/h4H,2-3H2,1H3. The molecule has 3 nitrogen and oxygen atoms in total. The maximum Gasteiger partial charge on any atom is 0.332 e. The summed E-state index contributed by atoms with van der Waals surface area (Å²) in [6, 6.07) is 0. The molecule has 2 unspecified atom stereocenters. The molecule has 1 aliphatic rings. The molecule has 9 heavy (non-hydrogen) atoms. The van der Waals surface area contributed by atoms with Crippen molar-refractivity contribution in [3.63, 3.8) is 0 Å². The molecule has 1 saturated heterocycles. The minimum atomic E-state index is -1.07. The first-order chi connectivity index (χ1) is 4.36. The Labute approximate surface area is 60.2 Å². The van der Waals surface area contributed by atoms with Gasteiger partial charge in [0.1, 0.15) is 6.10 Å². The van der Waals surface area contributed by atoms with Crippen molar-refractivity contribution in [2.24, 2.45) is 0 Å². The van der Waals surface area contributed by atoms with E-state index in [0.29, 0.717) is 12.5 Å². The maximum atomic E-state index is 5.48. The monoisotopic (exact) mass is 170 g/mol. The van der Waals surface area contributed by atoms with Crippen LogP contribution in [0, 0.1) is 0 Å². The smallest absolute Gasteiger partial charge is 0.316 e. The largest absolute Gasteiger partial charge is 0.332 e. The second kappa shape index (κ2) is 3.69. The van der Waals surface area contributed by atoms with Crippen molar-refractivity contribution >= 4 is 20.2 Å². The lowest BCUT2D eigenvalue weighted by Crippen LogP contribution is -2.09. The van der Waals surface area contributed by atoms with E-state index in [0.717, 1.165) is 0 Å². The SMILES string of the molecule is COP1OCC(CCl)O1. The van der Waals surface area contributed by atoms with E-state index in [1.165, 1.54) is 0 Å². The predicted molar refractivity (Wildman–Crippen MR) is 35.5 cm³/mol. The van der Waals surface area contributed by atoms with Crippen LogP contribution in [-0.2, 0) is 13.6 Å². The maximum absolute atomic E-state index is 5.48. The number of alkyl halides is 1. The third-order valence-electron chi connectivity index (χ3n) is 0.922. The van der Waals surface area contributed by atoms with E-state index >= 15 is 0 Å². The van der Waals surface area contributed by atoms with Gasteiger partial charge in [0.05, 0.1) is 12.5 Å². The molecule has 54 valence electrons. The summed E-state index contributed by atoms with van der Waals surface area (Å²) >= 11 is 5.48. The molecule has 0 radical (unpaired) electrons. The zero-order valence-electron chi connectivity index (χ0n) is 5.04. The highest BCUT2D eigenvalue weighted by Crippen LogP contribution is 2.45. The number of hydrogen-bond acceptors (Lipinski definition) is 3. The fraction of sp³-hybridized carbons (Fsp3) is 1.00. The van der Waals surface area contributed by atoms with Crippen molar-refractivity contribution < 1.29 is 13.6 Å². The number of halogens is 1. The first-order valence-electron chi connectivity index (χ1n) is 2.56. The molecule has 1 rings (SSSR count). The lowest BCUT2D eigenvalue weighted by molar-refractivity contribution is 0.250. The van der Waals surface area contributed by atoms with E-state index in [4.69, 9.17) is 25.2 Å². The molecule has 1 heterocycles. The predicted octanol–water partition coefficient (Wildman–Crippen LogP) is 1.51. The molecule has 0 amide bonds. The van der Waals surface area contributed by atoms with Gasteiger partial charge in [-0.05, 0) is 0 Å². The van der Waals surface area contributed by atoms with Crippen molar-refractivity contribution in [2.45, 2.75) is 6.10 Å². The van der Waals surface area contributed by atoms with Crippen LogP contribution in [0.4, 0.5) is 0 Å². The Morgan fingerprint density at radius 1 is 1.89 bits per heavy atom. The van der Waals surface area contributed by atoms with E-state index in [2.05, 4.69) is 0 Å². The van der Waals surface area contributed by atoms with Crippen molar-refractivity contribution in [3.05, 3.63) is 0 Å². The van der Waals surface area contributed by atoms with Gasteiger partial charge in [-0.25, -0.2) is 0 Å². The lowest BCUT2D eigenvalue weighted by Gasteiger charge is -2.03. The van der Waals surface area contributed by atoms with Crippen LogP contribution in [0.1, 0.15) is 0 Å². The second-order valence-corrected chi connectivity index (χ2v) is 3.17. The van der Waals surface area contributed by atoms with Gasteiger partial charge in [0.2, 0.25) is 0 Å². The summed E-state index contributed by atoms with van der Waals surface area (Å²) < 4.78 is 15.0. The van der Waals surface area contributed by atoms with Crippen molar-refractivity contribution in [3.8, 4) is 0 Å². The van der Waals surface area contributed by atoms with E-state index in [-0.39, 0.29) is 6.10 Å². The first-order valence-corrected chi connectivity index (χ1v) is 4.19. The van der Waals surface area contributed by atoms with Gasteiger partial charge in [-0.3, -0.25) is 0 Å². The first kappa shape index (κ1) is 7.70. The highest BCUT2D eigenvalue weighted by Gasteiger charge is 2.26. The Hall–Kier alpha value is 0.600. The van der Waals surface area contributed by atoms with Crippen LogP contribution in [0.25, 0.3) is 0 Å². The molecule has 5 heteroatoms. The quantitative estimate of drug-likeness (QED) is 0.465. The summed E-state index contributed by atoms with van der Waals surface area (Å²) in [4.78, 5) is 0. The molecule has 0 aromatic carbocycles. The molecule has 0 spiro atoms. The summed E-state index contributed by atoms with van der Waals surface area (Å²) in [7, 11) is 0.485. The summed E-state index contributed by atoms with van der Waals surface area (Å²) in [5.41, 5.74) is 0. The fourth-order valence-corrected chi connectivity index (χ4v) is 1.65. The van der Waals surface area contributed by atoms with E-state index in [1.54, 1.807) is 7.11 Å². The van der Waals surface area contributed by atoms with E-state index in [9.17, 15) is 0 Å². The van der Waals surface area contributed by atoms with Crippen molar-refractivity contribution in [1.29, 1.82) is 0 Å². The zero-order valence-corrected chi connectivity index (χ0v) is 6.69. The van der Waals surface area contributed by atoms with Gasteiger partial charge in [0, 0.05) is 7.11 Å². The second-order valence-electron chi connectivity index (χ2n) is 1.58. The summed E-state index contributed by atoms with van der Waals surface area (Å²) in [6.45, 7) is 0.559. The van der Waals surface area contributed by atoms with Crippen LogP contribution in [0.15, 0.2) is 0 Å². The fourth-order valence-electron chi connectivity index (χ4n) is 0.495. The molecule has 2 atom stereocenters.